The highest BCUT2D eigenvalue weighted by Crippen LogP contribution is 2.17. The van der Waals surface area contributed by atoms with Gasteiger partial charge in [0.25, 0.3) is 0 Å². The molecule has 0 radical (unpaired) electrons. The minimum absolute atomic E-state index is 0.0157. The molecule has 1 saturated heterocycles. The molecule has 1 aliphatic rings. The number of benzene rings is 1. The van der Waals surface area contributed by atoms with E-state index in [1.54, 1.807) is 6.92 Å². The van der Waals surface area contributed by atoms with Crippen LogP contribution in [0.5, 0.6) is 0 Å². The molecule has 5 atom stereocenters. The number of hydrogen-bond donors (Lipinski definition) is 4. The molecular formula is C29H44N4O7. The third-order valence-electron chi connectivity index (χ3n) is 6.48. The lowest BCUT2D eigenvalue weighted by molar-refractivity contribution is -0.136. The van der Waals surface area contributed by atoms with E-state index in [2.05, 4.69) is 21.3 Å². The Balaban J connectivity index is 2.12. The highest BCUT2D eigenvalue weighted by molar-refractivity contribution is 5.94. The second kappa shape index (κ2) is 15.4. The van der Waals surface area contributed by atoms with Crippen molar-refractivity contribution < 1.29 is 33.4 Å². The number of rotatable bonds is 14. The molecule has 40 heavy (non-hydrogen) atoms. The maximum Gasteiger partial charge on any atom is 0.408 e. The van der Waals surface area contributed by atoms with Crippen molar-refractivity contribution in [1.29, 1.82) is 0 Å². The van der Waals surface area contributed by atoms with Gasteiger partial charge >= 0.3 is 6.09 Å². The Labute approximate surface area is 236 Å². The van der Waals surface area contributed by atoms with E-state index in [-0.39, 0.29) is 30.6 Å². The summed E-state index contributed by atoms with van der Waals surface area (Å²) in [4.78, 5) is 63.6. The van der Waals surface area contributed by atoms with Crippen LogP contribution in [0.4, 0.5) is 4.79 Å². The molecule has 4 N–H and O–H groups in total. The Hall–Kier alpha value is -3.47. The number of hydrogen-bond acceptors (Lipinski definition) is 7. The van der Waals surface area contributed by atoms with Crippen LogP contribution in [0.2, 0.25) is 0 Å². The normalized spacial score (nSPS) is 18.1. The van der Waals surface area contributed by atoms with Crippen LogP contribution in [0.25, 0.3) is 0 Å². The Morgan fingerprint density at radius 2 is 1.68 bits per heavy atom. The smallest absolute Gasteiger partial charge is 0.408 e. The summed E-state index contributed by atoms with van der Waals surface area (Å²) in [6, 6.07) is 6.12. The standard InChI is InChI=1S/C29H44N4O7/c1-7-11-22(26(36)32-23(18(2)34)16-21-14-15-30-25(21)35)31-27(37)24(19(3)40-29(4,5)6)33-28(38)39-17-20-12-9-8-10-13-20/h8-10,12-13,19,21-24H,7,11,14-17H2,1-6H3,(H,30,35)(H,31,37)(H,32,36)(H,33,38)/t19-,21+,22+,23+,24+/m1/s1. The van der Waals surface area contributed by atoms with E-state index in [4.69, 9.17) is 9.47 Å². The van der Waals surface area contributed by atoms with E-state index in [9.17, 15) is 24.0 Å². The maximum absolute atomic E-state index is 13.5. The van der Waals surface area contributed by atoms with Crippen LogP contribution in [0.1, 0.15) is 72.8 Å². The molecule has 222 valence electrons. The van der Waals surface area contributed by atoms with Crippen molar-refractivity contribution in [3.63, 3.8) is 0 Å². The monoisotopic (exact) mass is 560 g/mol. The first-order valence-electron chi connectivity index (χ1n) is 13.8. The number of carbonyl (C=O) groups is 5. The van der Waals surface area contributed by atoms with Gasteiger partial charge in [-0.25, -0.2) is 4.79 Å². The van der Waals surface area contributed by atoms with Gasteiger partial charge in [0.1, 0.15) is 18.7 Å². The van der Waals surface area contributed by atoms with Crippen molar-refractivity contribution in [3.05, 3.63) is 35.9 Å². The van der Waals surface area contributed by atoms with Crippen LogP contribution in [-0.4, -0.2) is 66.0 Å². The molecule has 1 aromatic rings. The zero-order valence-electron chi connectivity index (χ0n) is 24.4. The predicted octanol–water partition coefficient (Wildman–Crippen LogP) is 2.37. The number of alkyl carbamates (subject to hydrolysis) is 1. The van der Waals surface area contributed by atoms with Gasteiger partial charge in [0, 0.05) is 12.5 Å². The molecule has 0 spiro atoms. The van der Waals surface area contributed by atoms with E-state index < -0.39 is 47.7 Å². The fourth-order valence-corrected chi connectivity index (χ4v) is 4.49. The lowest BCUT2D eigenvalue weighted by atomic mass is 9.96. The van der Waals surface area contributed by atoms with Crippen molar-refractivity contribution in [2.75, 3.05) is 6.54 Å². The van der Waals surface area contributed by atoms with Crippen LogP contribution in [-0.2, 0) is 35.3 Å². The number of nitrogens with one attached hydrogen (secondary N) is 4. The van der Waals surface area contributed by atoms with Crippen molar-refractivity contribution in [2.24, 2.45) is 5.92 Å². The van der Waals surface area contributed by atoms with E-state index in [1.807, 2.05) is 58.0 Å². The highest BCUT2D eigenvalue weighted by Gasteiger charge is 2.35. The van der Waals surface area contributed by atoms with Crippen LogP contribution >= 0.6 is 0 Å². The molecular weight excluding hydrogens is 516 g/mol. The first kappa shape index (κ1) is 32.7. The molecule has 0 aromatic heterocycles. The Morgan fingerprint density at radius 3 is 2.23 bits per heavy atom. The fourth-order valence-electron chi connectivity index (χ4n) is 4.49. The minimum atomic E-state index is -1.17. The molecule has 1 heterocycles. The van der Waals surface area contributed by atoms with E-state index in [0.717, 1.165) is 5.56 Å². The van der Waals surface area contributed by atoms with Gasteiger partial charge in [-0.05, 0) is 59.4 Å². The molecule has 0 saturated carbocycles. The molecule has 4 amide bonds. The largest absolute Gasteiger partial charge is 0.445 e. The average Bonchev–Trinajstić information content (AvgIpc) is 3.28. The highest BCUT2D eigenvalue weighted by atomic mass is 16.6. The maximum atomic E-state index is 13.5. The molecule has 0 unspecified atom stereocenters. The fraction of sp³-hybridized carbons (Fsp3) is 0.621. The number of ketones is 1. The van der Waals surface area contributed by atoms with Crippen molar-refractivity contribution >= 4 is 29.6 Å². The molecule has 0 bridgehead atoms. The molecule has 11 nitrogen and oxygen atoms in total. The third kappa shape index (κ3) is 11.0. The first-order valence-corrected chi connectivity index (χ1v) is 13.8. The summed E-state index contributed by atoms with van der Waals surface area (Å²) in [5, 5.41) is 10.7. The Morgan fingerprint density at radius 1 is 1.02 bits per heavy atom. The molecule has 11 heteroatoms. The quantitative estimate of drug-likeness (QED) is 0.273. The van der Waals surface area contributed by atoms with Crippen LogP contribution < -0.4 is 21.3 Å². The second-order valence-electron chi connectivity index (χ2n) is 11.2. The number of carbonyl (C=O) groups excluding carboxylic acids is 5. The van der Waals surface area contributed by atoms with Crippen molar-refractivity contribution in [3.8, 4) is 0 Å². The van der Waals surface area contributed by atoms with Gasteiger partial charge in [-0.3, -0.25) is 19.2 Å². The van der Waals surface area contributed by atoms with Gasteiger partial charge in [-0.15, -0.1) is 0 Å². The zero-order valence-corrected chi connectivity index (χ0v) is 24.4. The van der Waals surface area contributed by atoms with E-state index in [1.165, 1.54) is 6.92 Å². The number of ether oxygens (including phenoxy) is 2. The first-order chi connectivity index (χ1) is 18.8. The third-order valence-corrected chi connectivity index (χ3v) is 6.48. The SMILES string of the molecule is CCC[C@H](NC(=O)[C@@H](NC(=O)OCc1ccccc1)[C@@H](C)OC(C)(C)C)C(=O)N[C@@H](C[C@@H]1CCNC1=O)C(C)=O. The lowest BCUT2D eigenvalue weighted by Gasteiger charge is -2.31. The summed E-state index contributed by atoms with van der Waals surface area (Å²) in [6.07, 6.45) is 0.0722. The predicted molar refractivity (Wildman–Crippen MR) is 149 cm³/mol. The second-order valence-corrected chi connectivity index (χ2v) is 11.2. The van der Waals surface area contributed by atoms with Gasteiger partial charge < -0.3 is 30.7 Å². The van der Waals surface area contributed by atoms with Crippen LogP contribution in [0, 0.1) is 5.92 Å². The summed E-state index contributed by atoms with van der Waals surface area (Å²) in [7, 11) is 0. The number of Topliss-reactive ketones (excluding diaryl/α,β-unsaturated/α-hetero) is 1. The van der Waals surface area contributed by atoms with Crippen LogP contribution in [0.3, 0.4) is 0 Å². The van der Waals surface area contributed by atoms with Crippen molar-refractivity contribution in [2.45, 2.75) is 104 Å². The van der Waals surface area contributed by atoms with Gasteiger partial charge in [0.15, 0.2) is 5.78 Å². The topological polar surface area (TPSA) is 152 Å². The van der Waals surface area contributed by atoms with Gasteiger partial charge in [-0.2, -0.15) is 0 Å². The molecule has 1 fully saturated rings. The summed E-state index contributed by atoms with van der Waals surface area (Å²) in [6.45, 7) is 10.9. The summed E-state index contributed by atoms with van der Waals surface area (Å²) >= 11 is 0. The Kier molecular flexibility index (Phi) is 12.6. The summed E-state index contributed by atoms with van der Waals surface area (Å²) in [5.74, 6) is -1.94. The van der Waals surface area contributed by atoms with Crippen LogP contribution in [0.15, 0.2) is 30.3 Å². The molecule has 2 rings (SSSR count). The molecule has 1 aliphatic heterocycles. The van der Waals surface area contributed by atoms with Gasteiger partial charge in [0.2, 0.25) is 17.7 Å². The summed E-state index contributed by atoms with van der Waals surface area (Å²) in [5.41, 5.74) is 0.169. The zero-order chi connectivity index (χ0) is 29.9. The average molecular weight is 561 g/mol. The van der Waals surface area contributed by atoms with E-state index >= 15 is 0 Å². The van der Waals surface area contributed by atoms with Crippen molar-refractivity contribution in [1.82, 2.24) is 21.3 Å². The number of amides is 4. The minimum Gasteiger partial charge on any atom is -0.445 e. The van der Waals surface area contributed by atoms with Gasteiger partial charge in [-0.1, -0.05) is 43.7 Å². The Bertz CT molecular complexity index is 1020. The van der Waals surface area contributed by atoms with Gasteiger partial charge in [0.05, 0.1) is 17.7 Å². The molecule has 0 aliphatic carbocycles. The molecule has 1 aromatic carbocycles. The summed E-state index contributed by atoms with van der Waals surface area (Å²) < 4.78 is 11.3. The lowest BCUT2D eigenvalue weighted by Crippen LogP contribution is -2.59. The van der Waals surface area contributed by atoms with E-state index in [0.29, 0.717) is 25.8 Å².